The topological polar surface area (TPSA) is 41.6 Å². The van der Waals surface area contributed by atoms with E-state index >= 15 is 0 Å². The third kappa shape index (κ3) is 3.32. The molecule has 0 radical (unpaired) electrons. The molecule has 1 amide bonds. The van der Waals surface area contributed by atoms with Gasteiger partial charge < -0.3 is 10.1 Å². The normalized spacial score (nSPS) is 33.6. The van der Waals surface area contributed by atoms with E-state index in [2.05, 4.69) is 16.3 Å². The van der Waals surface area contributed by atoms with E-state index in [-0.39, 0.29) is 11.5 Å². The van der Waals surface area contributed by atoms with Crippen LogP contribution in [0, 0.1) is 11.8 Å². The second-order valence-electron chi connectivity index (χ2n) is 7.53. The van der Waals surface area contributed by atoms with Crippen molar-refractivity contribution in [3.63, 3.8) is 0 Å². The first kappa shape index (κ1) is 17.7. The van der Waals surface area contributed by atoms with Crippen LogP contribution in [0.15, 0.2) is 24.3 Å². The van der Waals surface area contributed by atoms with Crippen LogP contribution in [0.1, 0.15) is 18.4 Å². The van der Waals surface area contributed by atoms with E-state index in [4.69, 9.17) is 16.3 Å². The number of nitrogens with one attached hydrogen (secondary N) is 1. The highest BCUT2D eigenvalue weighted by molar-refractivity contribution is 7.99. The smallest absolute Gasteiger partial charge is 0.229 e. The molecule has 1 N–H and O–H groups in total. The van der Waals surface area contributed by atoms with E-state index in [0.717, 1.165) is 44.0 Å². The molecule has 6 heteroatoms. The molecule has 4 atom stereocenters. The van der Waals surface area contributed by atoms with Gasteiger partial charge in [-0.3, -0.25) is 9.69 Å². The number of ether oxygens (including phenoxy) is 1. The number of benzene rings is 1. The van der Waals surface area contributed by atoms with Crippen LogP contribution >= 0.6 is 23.4 Å². The number of carbonyl (C=O) groups excluding carboxylic acids is 1. The molecular weight excluding hydrogens is 356 g/mol. The van der Waals surface area contributed by atoms with Gasteiger partial charge in [-0.15, -0.1) is 0 Å². The van der Waals surface area contributed by atoms with E-state index in [9.17, 15) is 4.79 Å². The van der Waals surface area contributed by atoms with Crippen LogP contribution in [0.4, 0.5) is 0 Å². The zero-order valence-electron chi connectivity index (χ0n) is 14.5. The summed E-state index contributed by atoms with van der Waals surface area (Å²) in [7, 11) is 0. The van der Waals surface area contributed by atoms with E-state index in [1.165, 1.54) is 5.56 Å². The molecule has 0 aliphatic carbocycles. The Morgan fingerprint density at radius 3 is 3.12 bits per heavy atom. The predicted octanol–water partition coefficient (Wildman–Crippen LogP) is 2.80. The quantitative estimate of drug-likeness (QED) is 0.824. The van der Waals surface area contributed by atoms with Gasteiger partial charge in [-0.25, -0.2) is 0 Å². The molecule has 0 unspecified atom stereocenters. The molecule has 4 nitrogen and oxygen atoms in total. The molecule has 0 aromatic heterocycles. The fraction of sp³-hybridized carbons (Fsp3) is 0.632. The van der Waals surface area contributed by atoms with Crippen molar-refractivity contribution in [2.24, 2.45) is 11.8 Å². The van der Waals surface area contributed by atoms with Crippen molar-refractivity contribution >= 4 is 29.3 Å². The van der Waals surface area contributed by atoms with Crippen LogP contribution in [0.25, 0.3) is 0 Å². The zero-order valence-corrected chi connectivity index (χ0v) is 16.1. The van der Waals surface area contributed by atoms with Gasteiger partial charge in [0.25, 0.3) is 0 Å². The van der Waals surface area contributed by atoms with Gasteiger partial charge in [0.05, 0.1) is 17.5 Å². The largest absolute Gasteiger partial charge is 0.370 e. The molecule has 3 heterocycles. The Hall–Kier alpha value is -0.750. The maximum atomic E-state index is 11.8. The van der Waals surface area contributed by atoms with Gasteiger partial charge in [0.15, 0.2) is 0 Å². The maximum absolute atomic E-state index is 11.8. The number of likely N-dealkylation sites (tertiary alicyclic amines) is 1. The Labute approximate surface area is 158 Å². The van der Waals surface area contributed by atoms with Crippen LogP contribution in [-0.4, -0.2) is 54.2 Å². The molecule has 3 saturated heterocycles. The second-order valence-corrected chi connectivity index (χ2v) is 8.80. The van der Waals surface area contributed by atoms with Crippen molar-refractivity contribution in [2.45, 2.75) is 31.1 Å². The molecule has 3 aliphatic rings. The number of amides is 1. The number of fused-ring (bicyclic) bond motifs is 1. The Kier molecular flexibility index (Phi) is 5.02. The lowest BCUT2D eigenvalue weighted by molar-refractivity contribution is -0.118. The van der Waals surface area contributed by atoms with Crippen LogP contribution in [-0.2, 0) is 16.1 Å². The van der Waals surface area contributed by atoms with Crippen LogP contribution in [0.3, 0.4) is 0 Å². The number of hydrogen-bond donors (Lipinski definition) is 1. The summed E-state index contributed by atoms with van der Waals surface area (Å²) in [4.78, 5) is 14.3. The van der Waals surface area contributed by atoms with Crippen molar-refractivity contribution in [3.05, 3.63) is 34.9 Å². The van der Waals surface area contributed by atoms with Crippen LogP contribution in [0.2, 0.25) is 5.02 Å². The van der Waals surface area contributed by atoms with Gasteiger partial charge in [0.1, 0.15) is 0 Å². The lowest BCUT2D eigenvalue weighted by Gasteiger charge is -2.29. The maximum Gasteiger partial charge on any atom is 0.229 e. The highest BCUT2D eigenvalue weighted by Gasteiger charge is 2.62. The number of thioether (sulfide) groups is 1. The van der Waals surface area contributed by atoms with E-state index in [1.54, 1.807) is 11.8 Å². The van der Waals surface area contributed by atoms with Crippen molar-refractivity contribution in [3.8, 4) is 0 Å². The van der Waals surface area contributed by atoms with Crippen LogP contribution < -0.4 is 5.32 Å². The van der Waals surface area contributed by atoms with E-state index in [0.29, 0.717) is 23.7 Å². The molecular formula is C19H25ClN2O2S. The summed E-state index contributed by atoms with van der Waals surface area (Å²) >= 11 is 7.90. The summed E-state index contributed by atoms with van der Waals surface area (Å²) in [5.74, 6) is 1.63. The van der Waals surface area contributed by atoms with E-state index < -0.39 is 0 Å². The predicted molar refractivity (Wildman–Crippen MR) is 102 cm³/mol. The second kappa shape index (κ2) is 7.10. The van der Waals surface area contributed by atoms with Crippen LogP contribution in [0.5, 0.6) is 0 Å². The van der Waals surface area contributed by atoms with Crippen molar-refractivity contribution < 1.29 is 9.53 Å². The molecule has 136 valence electrons. The molecule has 3 aliphatic heterocycles. The highest BCUT2D eigenvalue weighted by atomic mass is 35.5. The standard InChI is InChI=1S/C19H25ClN2O2S/c1-25-11-18(23)21-8-14-15-10-22(9-13-4-2-3-5-16(13)20)12-19(15)7-6-17(14)24-19/h2-5,14-15,17H,6-12H2,1H3,(H,21,23)/t14-,15+,17+,19+/m0/s1. The summed E-state index contributed by atoms with van der Waals surface area (Å²) in [6, 6.07) is 8.08. The number of halogens is 1. The first-order chi connectivity index (χ1) is 12.1. The minimum atomic E-state index is 0.000817. The first-order valence-electron chi connectivity index (χ1n) is 9.00. The zero-order chi connectivity index (χ0) is 17.4. The van der Waals surface area contributed by atoms with Crippen molar-refractivity contribution in [1.82, 2.24) is 10.2 Å². The summed E-state index contributed by atoms with van der Waals surface area (Å²) in [5.41, 5.74) is 1.18. The average Bonchev–Trinajstić information content (AvgIpc) is 3.23. The summed E-state index contributed by atoms with van der Waals surface area (Å²) < 4.78 is 6.46. The third-order valence-corrected chi connectivity index (χ3v) is 6.94. The molecule has 4 rings (SSSR count). The Morgan fingerprint density at radius 2 is 2.32 bits per heavy atom. The first-order valence-corrected chi connectivity index (χ1v) is 10.8. The van der Waals surface area contributed by atoms with Gasteiger partial charge in [-0.1, -0.05) is 29.8 Å². The number of nitrogens with zero attached hydrogens (tertiary/aromatic N) is 1. The monoisotopic (exact) mass is 380 g/mol. The minimum absolute atomic E-state index is 0.000817. The minimum Gasteiger partial charge on any atom is -0.370 e. The summed E-state index contributed by atoms with van der Waals surface area (Å²) in [6.07, 6.45) is 4.55. The highest BCUT2D eigenvalue weighted by Crippen LogP contribution is 2.54. The summed E-state index contributed by atoms with van der Waals surface area (Å²) in [6.45, 7) is 3.63. The fourth-order valence-electron chi connectivity index (χ4n) is 4.96. The van der Waals surface area contributed by atoms with Gasteiger partial charge in [0.2, 0.25) is 5.91 Å². The van der Waals surface area contributed by atoms with Gasteiger partial charge in [0, 0.05) is 43.0 Å². The summed E-state index contributed by atoms with van der Waals surface area (Å²) in [5, 5.41) is 3.95. The van der Waals surface area contributed by atoms with Crippen molar-refractivity contribution in [2.75, 3.05) is 31.6 Å². The number of hydrogen-bond acceptors (Lipinski definition) is 4. The Balaban J connectivity index is 1.42. The van der Waals surface area contributed by atoms with Crippen molar-refractivity contribution in [1.29, 1.82) is 0 Å². The van der Waals surface area contributed by atoms with Gasteiger partial charge in [-0.2, -0.15) is 11.8 Å². The molecule has 1 aromatic carbocycles. The fourth-order valence-corrected chi connectivity index (χ4v) is 5.52. The Bertz CT molecular complexity index is 658. The number of carbonyl (C=O) groups is 1. The molecule has 3 fully saturated rings. The lowest BCUT2D eigenvalue weighted by Crippen LogP contribution is -2.42. The average molecular weight is 381 g/mol. The molecule has 0 saturated carbocycles. The van der Waals surface area contributed by atoms with Gasteiger partial charge in [-0.05, 0) is 30.7 Å². The molecule has 1 spiro atoms. The SMILES string of the molecule is CSCC(=O)NC[C@H]1[C@H]2CN(Cc3ccccc3Cl)C[C@]23CC[C@H]1O3. The Morgan fingerprint density at radius 1 is 1.48 bits per heavy atom. The lowest BCUT2D eigenvalue weighted by atomic mass is 9.73. The van der Waals surface area contributed by atoms with E-state index in [1.807, 2.05) is 24.5 Å². The third-order valence-electron chi connectivity index (χ3n) is 6.02. The molecule has 1 aromatic rings. The molecule has 2 bridgehead atoms. The molecule has 25 heavy (non-hydrogen) atoms. The van der Waals surface area contributed by atoms with Gasteiger partial charge >= 0.3 is 0 Å². The number of rotatable bonds is 6.